The first-order valence-corrected chi connectivity index (χ1v) is 9.39. The summed E-state index contributed by atoms with van der Waals surface area (Å²) in [6.45, 7) is 0.331. The molecule has 0 saturated heterocycles. The molecule has 0 saturated carbocycles. The van der Waals surface area contributed by atoms with Crippen molar-refractivity contribution >= 4 is 28.4 Å². The Labute approximate surface area is 164 Å². The number of ether oxygens (including phenoxy) is 1. The largest absolute Gasteiger partial charge is 0.495 e. The van der Waals surface area contributed by atoms with Gasteiger partial charge >= 0.3 is 0 Å². The van der Waals surface area contributed by atoms with Crippen LogP contribution in [0, 0.1) is 0 Å². The fraction of sp³-hybridized carbons (Fsp3) is 0.100. The number of amides is 1. The minimum atomic E-state index is -0.556. The first-order chi connectivity index (χ1) is 13.7. The Morgan fingerprint density at radius 3 is 2.82 bits per heavy atom. The van der Waals surface area contributed by atoms with Crippen molar-refractivity contribution in [2.75, 3.05) is 7.11 Å². The Bertz CT molecular complexity index is 1200. The lowest BCUT2D eigenvalue weighted by Gasteiger charge is -2.14. The molecular weight excluding hydrogens is 376 g/mol. The van der Waals surface area contributed by atoms with E-state index in [2.05, 4.69) is 15.3 Å². The van der Waals surface area contributed by atoms with Gasteiger partial charge in [-0.15, -0.1) is 11.3 Å². The SMILES string of the molecule is COc1ccccc1-n1c(=O)c(C(=O)NCc2cccs2)nc2cccnc21. The molecule has 1 amide bonds. The van der Waals surface area contributed by atoms with Crippen LogP contribution in [0.2, 0.25) is 0 Å². The van der Waals surface area contributed by atoms with E-state index >= 15 is 0 Å². The van der Waals surface area contributed by atoms with Crippen molar-refractivity contribution in [1.29, 1.82) is 0 Å². The molecule has 8 heteroatoms. The predicted molar refractivity (Wildman–Crippen MR) is 107 cm³/mol. The zero-order valence-corrected chi connectivity index (χ0v) is 15.8. The second-order valence-electron chi connectivity index (χ2n) is 5.88. The van der Waals surface area contributed by atoms with Crippen molar-refractivity contribution in [3.63, 3.8) is 0 Å². The molecule has 0 spiro atoms. The van der Waals surface area contributed by atoms with Crippen LogP contribution in [0.4, 0.5) is 0 Å². The summed E-state index contributed by atoms with van der Waals surface area (Å²) in [5.41, 5.74) is 0.539. The number of nitrogens with one attached hydrogen (secondary N) is 1. The second kappa shape index (κ2) is 7.61. The van der Waals surface area contributed by atoms with Crippen LogP contribution < -0.4 is 15.6 Å². The molecule has 0 bridgehead atoms. The van der Waals surface area contributed by atoms with Gasteiger partial charge in [-0.2, -0.15) is 0 Å². The molecule has 0 atom stereocenters. The quantitative estimate of drug-likeness (QED) is 0.564. The van der Waals surface area contributed by atoms with Crippen LogP contribution in [-0.4, -0.2) is 27.6 Å². The summed E-state index contributed by atoms with van der Waals surface area (Å²) in [4.78, 5) is 35.5. The van der Waals surface area contributed by atoms with Gasteiger partial charge in [0.1, 0.15) is 11.3 Å². The van der Waals surface area contributed by atoms with Crippen molar-refractivity contribution in [3.8, 4) is 11.4 Å². The average Bonchev–Trinajstić information content (AvgIpc) is 3.25. The number of rotatable bonds is 5. The molecule has 0 radical (unpaired) electrons. The van der Waals surface area contributed by atoms with Gasteiger partial charge in [0.05, 0.1) is 19.3 Å². The first-order valence-electron chi connectivity index (χ1n) is 8.51. The number of methoxy groups -OCH3 is 1. The van der Waals surface area contributed by atoms with Crippen LogP contribution >= 0.6 is 11.3 Å². The van der Waals surface area contributed by atoms with E-state index in [4.69, 9.17) is 4.74 Å². The van der Waals surface area contributed by atoms with Crippen LogP contribution in [0.15, 0.2) is 64.9 Å². The number of fused-ring (bicyclic) bond motifs is 1. The number of carbonyl (C=O) groups excluding carboxylic acids is 1. The van der Waals surface area contributed by atoms with Gasteiger partial charge in [-0.1, -0.05) is 18.2 Å². The third kappa shape index (κ3) is 3.25. The van der Waals surface area contributed by atoms with Crippen LogP contribution in [-0.2, 0) is 6.54 Å². The molecule has 3 heterocycles. The first kappa shape index (κ1) is 17.9. The van der Waals surface area contributed by atoms with Gasteiger partial charge in [0.2, 0.25) is 0 Å². The Morgan fingerprint density at radius 2 is 2.04 bits per heavy atom. The van der Waals surface area contributed by atoms with Gasteiger partial charge in [0.25, 0.3) is 11.5 Å². The van der Waals surface area contributed by atoms with E-state index in [1.165, 1.54) is 23.0 Å². The highest BCUT2D eigenvalue weighted by Crippen LogP contribution is 2.23. The van der Waals surface area contributed by atoms with Crippen molar-refractivity contribution in [2.24, 2.45) is 0 Å². The molecule has 140 valence electrons. The molecule has 4 aromatic rings. The molecule has 0 aliphatic rings. The topological polar surface area (TPSA) is 86.1 Å². The number of benzene rings is 1. The maximum Gasteiger partial charge on any atom is 0.288 e. The normalized spacial score (nSPS) is 10.8. The summed E-state index contributed by atoms with van der Waals surface area (Å²) in [6.07, 6.45) is 1.58. The number of aromatic nitrogens is 3. The van der Waals surface area contributed by atoms with Crippen molar-refractivity contribution < 1.29 is 9.53 Å². The summed E-state index contributed by atoms with van der Waals surface area (Å²) in [7, 11) is 1.52. The van der Waals surface area contributed by atoms with Crippen LogP contribution in [0.25, 0.3) is 16.9 Å². The number of carbonyl (C=O) groups is 1. The van der Waals surface area contributed by atoms with Crippen LogP contribution in [0.3, 0.4) is 0 Å². The minimum absolute atomic E-state index is 0.192. The van der Waals surface area contributed by atoms with E-state index in [-0.39, 0.29) is 5.69 Å². The van der Waals surface area contributed by atoms with Crippen LogP contribution in [0.5, 0.6) is 5.75 Å². The number of hydrogen-bond acceptors (Lipinski definition) is 6. The van der Waals surface area contributed by atoms with Crippen molar-refractivity contribution in [2.45, 2.75) is 6.54 Å². The van der Waals surface area contributed by atoms with E-state index in [1.54, 1.807) is 42.6 Å². The molecule has 28 heavy (non-hydrogen) atoms. The monoisotopic (exact) mass is 392 g/mol. The van der Waals surface area contributed by atoms with Gasteiger partial charge in [-0.05, 0) is 35.7 Å². The maximum absolute atomic E-state index is 13.2. The molecule has 0 unspecified atom stereocenters. The zero-order valence-electron chi connectivity index (χ0n) is 15.0. The zero-order chi connectivity index (χ0) is 19.5. The summed E-state index contributed by atoms with van der Waals surface area (Å²) in [5, 5.41) is 4.68. The lowest BCUT2D eigenvalue weighted by atomic mass is 10.2. The predicted octanol–water partition coefficient (Wildman–Crippen LogP) is 2.78. The van der Waals surface area contributed by atoms with E-state index in [0.717, 1.165) is 4.88 Å². The Hall–Kier alpha value is -3.52. The lowest BCUT2D eigenvalue weighted by Crippen LogP contribution is -2.34. The fourth-order valence-corrected chi connectivity index (χ4v) is 3.51. The molecule has 0 aliphatic heterocycles. The average molecular weight is 392 g/mol. The number of thiophene rings is 1. The maximum atomic E-state index is 13.2. The molecule has 1 N–H and O–H groups in total. The smallest absolute Gasteiger partial charge is 0.288 e. The fourth-order valence-electron chi connectivity index (χ4n) is 2.87. The highest BCUT2D eigenvalue weighted by molar-refractivity contribution is 7.09. The summed E-state index contributed by atoms with van der Waals surface area (Å²) in [5.74, 6) is -0.0412. The van der Waals surface area contributed by atoms with Gasteiger partial charge in [-0.3, -0.25) is 14.2 Å². The molecular formula is C20H16N4O3S. The highest BCUT2D eigenvalue weighted by atomic mass is 32.1. The third-order valence-corrected chi connectivity index (χ3v) is 5.04. The Morgan fingerprint density at radius 1 is 1.18 bits per heavy atom. The molecule has 7 nitrogen and oxygen atoms in total. The highest BCUT2D eigenvalue weighted by Gasteiger charge is 2.20. The lowest BCUT2D eigenvalue weighted by molar-refractivity contribution is 0.0944. The van der Waals surface area contributed by atoms with E-state index in [0.29, 0.717) is 29.1 Å². The van der Waals surface area contributed by atoms with Crippen molar-refractivity contribution in [1.82, 2.24) is 19.9 Å². The van der Waals surface area contributed by atoms with E-state index < -0.39 is 11.5 Å². The van der Waals surface area contributed by atoms with Gasteiger partial charge in [0.15, 0.2) is 11.3 Å². The summed E-state index contributed by atoms with van der Waals surface area (Å²) >= 11 is 1.53. The van der Waals surface area contributed by atoms with E-state index in [1.807, 2.05) is 17.5 Å². The second-order valence-corrected chi connectivity index (χ2v) is 6.91. The Kier molecular flexibility index (Phi) is 4.86. The van der Waals surface area contributed by atoms with Crippen LogP contribution in [0.1, 0.15) is 15.4 Å². The van der Waals surface area contributed by atoms with Gasteiger partial charge in [-0.25, -0.2) is 9.97 Å². The summed E-state index contributed by atoms with van der Waals surface area (Å²) < 4.78 is 6.76. The van der Waals surface area contributed by atoms with Crippen molar-refractivity contribution in [3.05, 3.63) is 81.0 Å². The Balaban J connectivity index is 1.86. The minimum Gasteiger partial charge on any atom is -0.495 e. The van der Waals surface area contributed by atoms with E-state index in [9.17, 15) is 9.59 Å². The molecule has 3 aromatic heterocycles. The number of para-hydroxylation sites is 2. The standard InChI is InChI=1S/C20H16N4O3S/c1-27-16-9-3-2-8-15(16)24-18-14(7-4-10-21-18)23-17(20(24)26)19(25)22-12-13-6-5-11-28-13/h2-11H,12H2,1H3,(H,22,25). The van der Waals surface area contributed by atoms with Gasteiger partial charge < -0.3 is 10.1 Å². The number of nitrogens with zero attached hydrogens (tertiary/aromatic N) is 3. The number of pyridine rings is 1. The number of hydrogen-bond donors (Lipinski definition) is 1. The molecule has 0 fully saturated rings. The molecule has 0 aliphatic carbocycles. The van der Waals surface area contributed by atoms with Gasteiger partial charge in [0, 0.05) is 11.1 Å². The summed E-state index contributed by atoms with van der Waals surface area (Å²) in [6, 6.07) is 14.3. The molecule has 4 rings (SSSR count). The molecule has 1 aromatic carbocycles. The third-order valence-electron chi connectivity index (χ3n) is 4.16.